The number of furan rings is 1. The van der Waals surface area contributed by atoms with Gasteiger partial charge in [0.25, 0.3) is 0 Å². The van der Waals surface area contributed by atoms with Crippen LogP contribution in [0, 0.1) is 13.8 Å². The van der Waals surface area contributed by atoms with Gasteiger partial charge < -0.3 is 9.32 Å². The molecule has 3 heteroatoms. The van der Waals surface area contributed by atoms with Gasteiger partial charge in [0.05, 0.1) is 5.41 Å². The van der Waals surface area contributed by atoms with Crippen LogP contribution in [0.2, 0.25) is 0 Å². The van der Waals surface area contributed by atoms with Crippen LogP contribution in [0.25, 0.3) is 86.6 Å². The fourth-order valence-electron chi connectivity index (χ4n) is 11.7. The highest BCUT2D eigenvalue weighted by atomic mass is 32.1. The van der Waals surface area contributed by atoms with Gasteiger partial charge in [-0.25, -0.2) is 0 Å². The molecule has 2 nitrogen and oxygen atoms in total. The van der Waals surface area contributed by atoms with Gasteiger partial charge in [-0.15, -0.1) is 11.3 Å². The Bertz CT molecular complexity index is 4150. The van der Waals surface area contributed by atoms with E-state index in [1.807, 2.05) is 11.3 Å². The lowest BCUT2D eigenvalue weighted by molar-refractivity contribution is 0.670. The molecule has 11 aromatic carbocycles. The summed E-state index contributed by atoms with van der Waals surface area (Å²) < 4.78 is 9.50. The van der Waals surface area contributed by atoms with Crippen LogP contribution in [0.3, 0.4) is 0 Å². The molecule has 2 aromatic heterocycles. The smallest absolute Gasteiger partial charge is 0.143 e. The molecule has 0 fully saturated rings. The number of rotatable bonds is 8. The summed E-state index contributed by atoms with van der Waals surface area (Å²) in [4.78, 5) is 2.38. The van der Waals surface area contributed by atoms with E-state index >= 15 is 0 Å². The van der Waals surface area contributed by atoms with Crippen LogP contribution in [0.1, 0.15) is 33.4 Å². The molecule has 14 rings (SSSR count). The fraction of sp³-hybridized carbons (Fsp3) is 0.0435. The van der Waals surface area contributed by atoms with Crippen LogP contribution < -0.4 is 4.90 Å². The largest absolute Gasteiger partial charge is 0.455 e. The minimum atomic E-state index is -0.473. The summed E-state index contributed by atoms with van der Waals surface area (Å²) in [5.74, 6) is 0. The zero-order chi connectivity index (χ0) is 47.9. The number of fused-ring (bicyclic) bond motifs is 9. The zero-order valence-electron chi connectivity index (χ0n) is 39.9. The van der Waals surface area contributed by atoms with Crippen molar-refractivity contribution in [1.82, 2.24) is 0 Å². The van der Waals surface area contributed by atoms with Crippen molar-refractivity contribution in [2.45, 2.75) is 19.3 Å². The SMILES string of the molecule is Cc1ccc2c(c1)C(c1ccccc1)(c1ccc(-c3ccc(-c4ccc(N(c5ccc(-c6ccccc6)cc5)c5ccc6sc7ccccc7c6c5)cc4)c4c3oc3ccccc34)cc1)c1cc(C)ccc1-2. The van der Waals surface area contributed by atoms with E-state index in [1.165, 1.54) is 75.8 Å². The van der Waals surface area contributed by atoms with Gasteiger partial charge in [-0.3, -0.25) is 0 Å². The Morgan fingerprint density at radius 1 is 0.361 bits per heavy atom. The third-order valence-corrected chi connectivity index (χ3v) is 16.2. The second-order valence-corrected chi connectivity index (χ2v) is 20.4. The summed E-state index contributed by atoms with van der Waals surface area (Å²) in [6.45, 7) is 4.41. The summed E-state index contributed by atoms with van der Waals surface area (Å²) >= 11 is 1.85. The number of hydrogen-bond acceptors (Lipinski definition) is 3. The van der Waals surface area contributed by atoms with Crippen molar-refractivity contribution in [3.63, 3.8) is 0 Å². The van der Waals surface area contributed by atoms with Crippen LogP contribution >= 0.6 is 11.3 Å². The maximum atomic E-state index is 6.91. The average molecular weight is 938 g/mol. The van der Waals surface area contributed by atoms with Gasteiger partial charge in [0.1, 0.15) is 11.2 Å². The van der Waals surface area contributed by atoms with Crippen LogP contribution in [0.5, 0.6) is 0 Å². The highest BCUT2D eigenvalue weighted by molar-refractivity contribution is 7.25. The molecule has 340 valence electrons. The maximum absolute atomic E-state index is 6.91. The topological polar surface area (TPSA) is 16.4 Å². The average Bonchev–Trinajstić information content (AvgIpc) is 4.10. The lowest BCUT2D eigenvalue weighted by Gasteiger charge is -2.34. The minimum Gasteiger partial charge on any atom is -0.455 e. The Balaban J connectivity index is 0.879. The molecule has 0 aliphatic heterocycles. The van der Waals surface area contributed by atoms with Gasteiger partial charge in [0.15, 0.2) is 0 Å². The Morgan fingerprint density at radius 2 is 0.861 bits per heavy atom. The van der Waals surface area contributed by atoms with Crippen molar-refractivity contribution in [3.05, 3.63) is 282 Å². The molecule has 13 aromatic rings. The molecular formula is C69H47NOS. The van der Waals surface area contributed by atoms with E-state index in [1.54, 1.807) is 0 Å². The van der Waals surface area contributed by atoms with Gasteiger partial charge in [0, 0.05) is 53.6 Å². The van der Waals surface area contributed by atoms with E-state index in [0.29, 0.717) is 0 Å². The number of hydrogen-bond donors (Lipinski definition) is 0. The molecule has 0 atom stereocenters. The van der Waals surface area contributed by atoms with Crippen molar-refractivity contribution < 1.29 is 4.42 Å². The van der Waals surface area contributed by atoms with Crippen molar-refractivity contribution in [3.8, 4) is 44.5 Å². The van der Waals surface area contributed by atoms with Crippen molar-refractivity contribution >= 4 is 70.5 Å². The number of aryl methyl sites for hydroxylation is 2. The van der Waals surface area contributed by atoms with Crippen LogP contribution in [-0.4, -0.2) is 0 Å². The van der Waals surface area contributed by atoms with E-state index in [4.69, 9.17) is 4.42 Å². The summed E-state index contributed by atoms with van der Waals surface area (Å²) in [5, 5.41) is 4.79. The monoisotopic (exact) mass is 937 g/mol. The van der Waals surface area contributed by atoms with Crippen LogP contribution in [0.15, 0.2) is 253 Å². The molecule has 0 bridgehead atoms. The van der Waals surface area contributed by atoms with Gasteiger partial charge >= 0.3 is 0 Å². The first-order valence-corrected chi connectivity index (χ1v) is 25.6. The first-order valence-electron chi connectivity index (χ1n) is 24.8. The highest BCUT2D eigenvalue weighted by Crippen LogP contribution is 2.57. The first-order chi connectivity index (χ1) is 35.5. The molecule has 0 spiro atoms. The minimum absolute atomic E-state index is 0.473. The van der Waals surface area contributed by atoms with E-state index < -0.39 is 5.41 Å². The summed E-state index contributed by atoms with van der Waals surface area (Å²) in [6.07, 6.45) is 0. The van der Waals surface area contributed by atoms with Crippen molar-refractivity contribution in [1.29, 1.82) is 0 Å². The second-order valence-electron chi connectivity index (χ2n) is 19.3. The molecule has 0 saturated heterocycles. The maximum Gasteiger partial charge on any atom is 0.143 e. The lowest BCUT2D eigenvalue weighted by Crippen LogP contribution is -2.28. The molecule has 0 radical (unpaired) electrons. The quantitative estimate of drug-likeness (QED) is 0.151. The van der Waals surface area contributed by atoms with E-state index in [0.717, 1.165) is 61.3 Å². The molecule has 72 heavy (non-hydrogen) atoms. The predicted molar refractivity (Wildman–Crippen MR) is 304 cm³/mol. The molecule has 0 saturated carbocycles. The Morgan fingerprint density at radius 3 is 1.56 bits per heavy atom. The Kier molecular flexibility index (Phi) is 9.77. The number of para-hydroxylation sites is 1. The molecule has 0 N–H and O–H groups in total. The first kappa shape index (κ1) is 42.1. The van der Waals surface area contributed by atoms with Crippen LogP contribution in [-0.2, 0) is 5.41 Å². The Hall–Kier alpha value is -8.76. The van der Waals surface area contributed by atoms with Gasteiger partial charge in [-0.1, -0.05) is 199 Å². The summed E-state index contributed by atoms with van der Waals surface area (Å²) in [6, 6.07) is 91.6. The lowest BCUT2D eigenvalue weighted by atomic mass is 9.67. The van der Waals surface area contributed by atoms with E-state index in [2.05, 4.69) is 267 Å². The molecular weight excluding hydrogens is 891 g/mol. The normalized spacial score (nSPS) is 12.7. The number of thiophene rings is 1. The third kappa shape index (κ3) is 6.62. The fourth-order valence-corrected chi connectivity index (χ4v) is 12.8. The van der Waals surface area contributed by atoms with Gasteiger partial charge in [-0.2, -0.15) is 0 Å². The molecule has 1 aliphatic carbocycles. The number of benzene rings is 11. The molecule has 0 unspecified atom stereocenters. The Labute approximate surface area is 423 Å². The predicted octanol–water partition coefficient (Wildman–Crippen LogP) is 19.4. The molecule has 0 amide bonds. The van der Waals surface area contributed by atoms with Gasteiger partial charge in [0.2, 0.25) is 0 Å². The number of anilines is 3. The number of nitrogens with zero attached hydrogens (tertiary/aromatic N) is 1. The summed E-state index contributed by atoms with van der Waals surface area (Å²) in [5.41, 5.74) is 21.7. The molecule has 2 heterocycles. The third-order valence-electron chi connectivity index (χ3n) is 15.1. The van der Waals surface area contributed by atoms with Crippen molar-refractivity contribution in [2.24, 2.45) is 0 Å². The standard InChI is InChI=1S/C69H47NOS/c1-44-21-36-57-58-37-22-45(2)42-63(58)69(62(57)41-44,50-15-7-4-8-16-50)51-29-23-49(24-30-51)56-39-38-55(67-60-18-9-11-19-64(60)71-68(56)67)48-27-33-53(34-28-48)70(52-31-25-47(26-32-52)46-13-5-3-6-14-46)54-35-40-66-61(43-54)59-17-10-12-20-65(59)72-66/h3-43H,1-2H3. The summed E-state index contributed by atoms with van der Waals surface area (Å²) in [7, 11) is 0. The van der Waals surface area contributed by atoms with E-state index in [-0.39, 0.29) is 0 Å². The zero-order valence-corrected chi connectivity index (χ0v) is 40.8. The second kappa shape index (κ2) is 16.7. The van der Waals surface area contributed by atoms with E-state index in [9.17, 15) is 0 Å². The van der Waals surface area contributed by atoms with Gasteiger partial charge in [-0.05, 0) is 136 Å². The van der Waals surface area contributed by atoms with Crippen molar-refractivity contribution in [2.75, 3.05) is 4.90 Å². The van der Waals surface area contributed by atoms with Crippen LogP contribution in [0.4, 0.5) is 17.1 Å². The highest BCUT2D eigenvalue weighted by Gasteiger charge is 2.46. The molecule has 1 aliphatic rings.